The number of hydrogen-bond acceptors (Lipinski definition) is 6. The Kier molecular flexibility index (Phi) is 10.5. The largest absolute Gasteiger partial charge is 2.00 e. The van der Waals surface area contributed by atoms with Crippen molar-refractivity contribution in [2.24, 2.45) is 11.8 Å². The zero-order valence-electron chi connectivity index (χ0n) is 17.9. The number of carbonyl (C=O) groups is 4. The van der Waals surface area contributed by atoms with Crippen LogP contribution in [0.4, 0.5) is 0 Å². The van der Waals surface area contributed by atoms with E-state index in [0.717, 1.165) is 12.8 Å². The van der Waals surface area contributed by atoms with Gasteiger partial charge in [0.15, 0.2) is 11.6 Å². The van der Waals surface area contributed by atoms with Gasteiger partial charge in [-0.25, -0.2) is 0 Å². The molecule has 0 aliphatic carbocycles. The van der Waals surface area contributed by atoms with Gasteiger partial charge >= 0.3 is 19.5 Å². The summed E-state index contributed by atoms with van der Waals surface area (Å²) >= 11 is 0. The standard InChI is InChI=1S/2C10H15NO3.Zn/c2*1-4-5(2)8-9(13)7(6(3)12)10(14)11-8;/h2*5,8,13H,4H2,1-3H3,(H,11,14);/q;;+2/p-2. The van der Waals surface area contributed by atoms with Crippen LogP contribution in [0, 0.1) is 11.8 Å². The van der Waals surface area contributed by atoms with Gasteiger partial charge in [0, 0.05) is 12.1 Å². The maximum atomic E-state index is 11.6. The molecule has 0 saturated heterocycles. The van der Waals surface area contributed by atoms with E-state index in [1.54, 1.807) is 0 Å². The molecule has 0 radical (unpaired) electrons. The van der Waals surface area contributed by atoms with Crippen molar-refractivity contribution < 1.29 is 48.9 Å². The smallest absolute Gasteiger partial charge is 0.873 e. The summed E-state index contributed by atoms with van der Waals surface area (Å²) in [7, 11) is 0. The molecular weight excluding hydrogens is 430 g/mol. The van der Waals surface area contributed by atoms with Crippen LogP contribution in [0.25, 0.3) is 0 Å². The molecule has 9 heteroatoms. The first-order chi connectivity index (χ1) is 13.0. The Morgan fingerprint density at radius 1 is 0.828 bits per heavy atom. The molecule has 4 atom stereocenters. The summed E-state index contributed by atoms with van der Waals surface area (Å²) in [5.41, 5.74) is -0.398. The van der Waals surface area contributed by atoms with Gasteiger partial charge in [-0.1, -0.05) is 52.1 Å². The van der Waals surface area contributed by atoms with Gasteiger partial charge in [-0.2, -0.15) is 0 Å². The van der Waals surface area contributed by atoms with Crippen LogP contribution in [0.5, 0.6) is 0 Å². The third-order valence-electron chi connectivity index (χ3n) is 5.22. The van der Waals surface area contributed by atoms with Crippen LogP contribution in [0.3, 0.4) is 0 Å². The Balaban J connectivity index is 0.000000523. The van der Waals surface area contributed by atoms with Crippen LogP contribution in [-0.4, -0.2) is 35.5 Å². The zero-order chi connectivity index (χ0) is 21.8. The second-order valence-electron chi connectivity index (χ2n) is 7.26. The van der Waals surface area contributed by atoms with Crippen molar-refractivity contribution in [1.29, 1.82) is 0 Å². The van der Waals surface area contributed by atoms with Crippen LogP contribution < -0.4 is 20.8 Å². The van der Waals surface area contributed by atoms with Crippen LogP contribution in [0.1, 0.15) is 54.4 Å². The summed E-state index contributed by atoms with van der Waals surface area (Å²) in [6.45, 7) is 10.1. The van der Waals surface area contributed by atoms with Gasteiger partial charge in [0.05, 0.1) is 11.1 Å². The van der Waals surface area contributed by atoms with Gasteiger partial charge in [0.2, 0.25) is 0 Å². The minimum Gasteiger partial charge on any atom is -0.873 e. The summed E-state index contributed by atoms with van der Waals surface area (Å²) in [6.07, 6.45) is 1.59. The second-order valence-corrected chi connectivity index (χ2v) is 7.26. The van der Waals surface area contributed by atoms with Crippen molar-refractivity contribution in [1.82, 2.24) is 10.6 Å². The molecule has 2 rings (SSSR count). The molecule has 0 aromatic rings. The van der Waals surface area contributed by atoms with Gasteiger partial charge < -0.3 is 20.8 Å². The molecule has 2 aliphatic heterocycles. The van der Waals surface area contributed by atoms with Gasteiger partial charge in [-0.05, 0) is 25.7 Å². The van der Waals surface area contributed by atoms with Crippen molar-refractivity contribution in [2.75, 3.05) is 0 Å². The van der Waals surface area contributed by atoms with E-state index in [0.29, 0.717) is 0 Å². The topological polar surface area (TPSA) is 138 Å². The molecule has 0 fully saturated rings. The molecule has 0 bridgehead atoms. The summed E-state index contributed by atoms with van der Waals surface area (Å²) in [4.78, 5) is 44.5. The van der Waals surface area contributed by atoms with Crippen LogP contribution >= 0.6 is 0 Å². The number of Topliss-reactive ketones (excluding diaryl/α,β-unsaturated/α-hetero) is 2. The minimum absolute atomic E-state index is 0. The Morgan fingerprint density at radius 2 is 1.10 bits per heavy atom. The fraction of sp³-hybridized carbons (Fsp3) is 0.600. The van der Waals surface area contributed by atoms with Crippen LogP contribution in [-0.2, 0) is 38.7 Å². The van der Waals surface area contributed by atoms with Crippen molar-refractivity contribution in [3.8, 4) is 0 Å². The van der Waals surface area contributed by atoms with Crippen LogP contribution in [0.15, 0.2) is 22.7 Å². The van der Waals surface area contributed by atoms with E-state index in [4.69, 9.17) is 0 Å². The molecule has 0 spiro atoms. The Labute approximate surface area is 184 Å². The molecule has 2 heterocycles. The molecule has 29 heavy (non-hydrogen) atoms. The SMILES string of the molecule is CCC(C)C1NC(=O)C(C(C)=O)=C1[O-].CCC(C)C1NC(=O)C(C(C)=O)=C1[O-].[Zn+2]. The first-order valence-corrected chi connectivity index (χ1v) is 9.43. The van der Waals surface area contributed by atoms with Crippen molar-refractivity contribution in [3.05, 3.63) is 22.7 Å². The molecule has 2 N–H and O–H groups in total. The normalized spacial score (nSPS) is 22.8. The number of nitrogens with one attached hydrogen (secondary N) is 2. The average molecular weight is 458 g/mol. The summed E-state index contributed by atoms with van der Waals surface area (Å²) in [6, 6.07) is -1.02. The number of carbonyl (C=O) groups excluding carboxylic acids is 4. The molecule has 0 aromatic carbocycles. The van der Waals surface area contributed by atoms with Crippen molar-refractivity contribution in [2.45, 2.75) is 66.5 Å². The number of ketones is 2. The monoisotopic (exact) mass is 456 g/mol. The molecule has 8 nitrogen and oxygen atoms in total. The van der Waals surface area contributed by atoms with Gasteiger partial charge in [0.25, 0.3) is 11.8 Å². The third-order valence-corrected chi connectivity index (χ3v) is 5.22. The number of rotatable bonds is 6. The minimum atomic E-state index is -0.521. The molecule has 0 saturated carbocycles. The maximum absolute atomic E-state index is 11.6. The van der Waals surface area contributed by atoms with Gasteiger partial charge in [-0.3, -0.25) is 19.2 Å². The van der Waals surface area contributed by atoms with Gasteiger partial charge in [0.1, 0.15) is 0 Å². The van der Waals surface area contributed by atoms with E-state index >= 15 is 0 Å². The molecule has 2 amide bonds. The summed E-state index contributed by atoms with van der Waals surface area (Å²) < 4.78 is 0. The first-order valence-electron chi connectivity index (χ1n) is 9.43. The Hall–Kier alpha value is -2.02. The number of amides is 2. The molecule has 4 unspecified atom stereocenters. The van der Waals surface area contributed by atoms with E-state index in [-0.39, 0.29) is 54.0 Å². The fourth-order valence-corrected chi connectivity index (χ4v) is 3.03. The first kappa shape index (κ1) is 27.0. The fourth-order valence-electron chi connectivity index (χ4n) is 3.03. The zero-order valence-corrected chi connectivity index (χ0v) is 20.8. The van der Waals surface area contributed by atoms with E-state index in [2.05, 4.69) is 10.6 Å². The van der Waals surface area contributed by atoms with Crippen molar-refractivity contribution >= 4 is 23.4 Å². The van der Waals surface area contributed by atoms with E-state index in [9.17, 15) is 29.4 Å². The van der Waals surface area contributed by atoms with Gasteiger partial charge in [-0.15, -0.1) is 0 Å². The van der Waals surface area contributed by atoms with E-state index in [1.165, 1.54) is 13.8 Å². The van der Waals surface area contributed by atoms with Crippen molar-refractivity contribution in [3.63, 3.8) is 0 Å². The van der Waals surface area contributed by atoms with E-state index < -0.39 is 35.5 Å². The predicted octanol–water partition coefficient (Wildman–Crippen LogP) is -0.534. The molecule has 156 valence electrons. The third kappa shape index (κ3) is 5.98. The molecular formula is C20H28N2O6Zn. The van der Waals surface area contributed by atoms with Crippen LogP contribution in [0.2, 0.25) is 0 Å². The average Bonchev–Trinajstić information content (AvgIpc) is 3.09. The Bertz CT molecular complexity index is 681. The summed E-state index contributed by atoms with van der Waals surface area (Å²) in [5, 5.41) is 28.3. The summed E-state index contributed by atoms with van der Waals surface area (Å²) in [5.74, 6) is -2.49. The predicted molar refractivity (Wildman–Crippen MR) is 98.2 cm³/mol. The quantitative estimate of drug-likeness (QED) is 0.406. The van der Waals surface area contributed by atoms with E-state index in [1.807, 2.05) is 27.7 Å². The maximum Gasteiger partial charge on any atom is 2.00 e. The number of hydrogen-bond donors (Lipinski definition) is 2. The molecule has 2 aliphatic rings. The molecule has 0 aromatic heterocycles. The Morgan fingerprint density at radius 3 is 1.28 bits per heavy atom. The second kappa shape index (κ2) is 11.2.